The van der Waals surface area contributed by atoms with Crippen LogP contribution in [0.25, 0.3) is 10.9 Å². The van der Waals surface area contributed by atoms with Gasteiger partial charge in [0, 0.05) is 50.3 Å². The Hall–Kier alpha value is -1.45. The first-order chi connectivity index (χ1) is 13.9. The molecule has 0 spiro atoms. The molecular formula is C22H33IN4O2. The Labute approximate surface area is 190 Å². The lowest BCUT2D eigenvalue weighted by Crippen LogP contribution is -2.38. The highest BCUT2D eigenvalue weighted by Gasteiger charge is 2.15. The summed E-state index contributed by atoms with van der Waals surface area (Å²) >= 11 is 0. The van der Waals surface area contributed by atoms with Crippen molar-refractivity contribution in [3.63, 3.8) is 0 Å². The summed E-state index contributed by atoms with van der Waals surface area (Å²) < 4.78 is 11.1. The lowest BCUT2D eigenvalue weighted by Gasteiger charge is -2.12. The normalized spacial score (nSPS) is 16.6. The maximum absolute atomic E-state index is 5.74. The zero-order valence-corrected chi connectivity index (χ0v) is 19.6. The fraction of sp³-hybridized carbons (Fsp3) is 0.545. The average molecular weight is 512 g/mol. The molecule has 1 unspecified atom stereocenters. The van der Waals surface area contributed by atoms with Gasteiger partial charge in [0.05, 0.1) is 18.7 Å². The van der Waals surface area contributed by atoms with Crippen molar-refractivity contribution in [2.45, 2.75) is 26.2 Å². The number of aliphatic imine (C=N–C) groups is 1. The lowest BCUT2D eigenvalue weighted by atomic mass is 10.1. The third-order valence-electron chi connectivity index (χ3n) is 4.84. The van der Waals surface area contributed by atoms with Gasteiger partial charge in [0.25, 0.3) is 0 Å². The van der Waals surface area contributed by atoms with Crippen LogP contribution in [0.5, 0.6) is 0 Å². The van der Waals surface area contributed by atoms with Gasteiger partial charge in [0.15, 0.2) is 5.96 Å². The van der Waals surface area contributed by atoms with Crippen LogP contribution < -0.4 is 10.6 Å². The number of nitrogens with one attached hydrogen (secondary N) is 2. The fourth-order valence-corrected chi connectivity index (χ4v) is 3.35. The molecule has 0 amide bonds. The Kier molecular flexibility index (Phi) is 11.3. The molecule has 2 heterocycles. The van der Waals surface area contributed by atoms with Crippen LogP contribution in [0, 0.1) is 5.92 Å². The van der Waals surface area contributed by atoms with E-state index >= 15 is 0 Å². The van der Waals surface area contributed by atoms with Crippen LogP contribution in [0.15, 0.2) is 41.5 Å². The number of nitrogens with zero attached hydrogens (tertiary/aromatic N) is 2. The van der Waals surface area contributed by atoms with Gasteiger partial charge in [-0.15, -0.1) is 24.0 Å². The number of hydrogen-bond acceptors (Lipinski definition) is 4. The van der Waals surface area contributed by atoms with Crippen molar-refractivity contribution in [3.05, 3.63) is 42.1 Å². The summed E-state index contributed by atoms with van der Waals surface area (Å²) in [7, 11) is 0. The molecule has 0 aliphatic carbocycles. The van der Waals surface area contributed by atoms with Gasteiger partial charge in [0.2, 0.25) is 0 Å². The van der Waals surface area contributed by atoms with Gasteiger partial charge in [-0.2, -0.15) is 0 Å². The van der Waals surface area contributed by atoms with Crippen molar-refractivity contribution in [2.75, 3.05) is 46.1 Å². The molecule has 7 heteroatoms. The van der Waals surface area contributed by atoms with Gasteiger partial charge >= 0.3 is 0 Å². The second kappa shape index (κ2) is 13.7. The van der Waals surface area contributed by atoms with Crippen molar-refractivity contribution >= 4 is 40.8 Å². The molecule has 1 fully saturated rings. The van der Waals surface area contributed by atoms with E-state index in [-0.39, 0.29) is 24.0 Å². The first kappa shape index (κ1) is 23.8. The summed E-state index contributed by atoms with van der Waals surface area (Å²) in [5.74, 6) is 1.44. The monoisotopic (exact) mass is 512 g/mol. The van der Waals surface area contributed by atoms with E-state index in [2.05, 4.69) is 51.8 Å². The molecule has 1 aromatic heterocycles. The number of rotatable bonds is 10. The molecule has 160 valence electrons. The largest absolute Gasteiger partial charge is 0.381 e. The molecule has 29 heavy (non-hydrogen) atoms. The summed E-state index contributed by atoms with van der Waals surface area (Å²) in [4.78, 5) is 9.18. The molecule has 1 atom stereocenters. The zero-order valence-electron chi connectivity index (χ0n) is 17.2. The first-order valence-electron chi connectivity index (χ1n) is 10.4. The number of halogens is 1. The van der Waals surface area contributed by atoms with E-state index in [9.17, 15) is 0 Å². The number of para-hydroxylation sites is 1. The Morgan fingerprint density at radius 1 is 1.28 bits per heavy atom. The highest BCUT2D eigenvalue weighted by atomic mass is 127. The summed E-state index contributed by atoms with van der Waals surface area (Å²) in [6.45, 7) is 7.79. The molecule has 1 aliphatic heterocycles. The molecule has 3 rings (SSSR count). The van der Waals surface area contributed by atoms with Crippen LogP contribution in [0.3, 0.4) is 0 Å². The second-order valence-electron chi connectivity index (χ2n) is 7.09. The number of guanidine groups is 1. The van der Waals surface area contributed by atoms with Gasteiger partial charge in [-0.25, -0.2) is 0 Å². The smallest absolute Gasteiger partial charge is 0.191 e. The van der Waals surface area contributed by atoms with E-state index in [1.54, 1.807) is 0 Å². The number of ether oxygens (including phenoxy) is 2. The number of aromatic nitrogens is 1. The third-order valence-corrected chi connectivity index (χ3v) is 4.84. The fourth-order valence-electron chi connectivity index (χ4n) is 3.35. The zero-order chi connectivity index (χ0) is 19.4. The topological polar surface area (TPSA) is 67.8 Å². The minimum atomic E-state index is 0. The van der Waals surface area contributed by atoms with Gasteiger partial charge in [0.1, 0.15) is 0 Å². The van der Waals surface area contributed by atoms with Crippen molar-refractivity contribution in [1.82, 2.24) is 15.6 Å². The van der Waals surface area contributed by atoms with Crippen LogP contribution in [-0.4, -0.2) is 57.0 Å². The van der Waals surface area contributed by atoms with Gasteiger partial charge in [-0.05, 0) is 37.8 Å². The van der Waals surface area contributed by atoms with Crippen LogP contribution in [0.1, 0.15) is 25.3 Å². The van der Waals surface area contributed by atoms with Crippen molar-refractivity contribution in [2.24, 2.45) is 10.9 Å². The number of fused-ring (bicyclic) bond motifs is 1. The summed E-state index contributed by atoms with van der Waals surface area (Å²) in [5, 5.41) is 7.92. The van der Waals surface area contributed by atoms with E-state index in [1.807, 2.05) is 12.3 Å². The van der Waals surface area contributed by atoms with E-state index in [0.717, 1.165) is 76.8 Å². The Morgan fingerprint density at radius 3 is 3.00 bits per heavy atom. The minimum Gasteiger partial charge on any atom is -0.381 e. The molecule has 1 saturated heterocycles. The van der Waals surface area contributed by atoms with Crippen LogP contribution in [0.4, 0.5) is 0 Å². The van der Waals surface area contributed by atoms with Crippen LogP contribution in [-0.2, 0) is 15.9 Å². The molecule has 0 radical (unpaired) electrons. The van der Waals surface area contributed by atoms with Gasteiger partial charge in [-0.1, -0.05) is 24.3 Å². The Bertz CT molecular complexity index is 745. The molecular weight excluding hydrogens is 479 g/mol. The van der Waals surface area contributed by atoms with E-state index in [0.29, 0.717) is 5.92 Å². The molecule has 0 saturated carbocycles. The standard InChI is InChI=1S/C22H32N4O2.HI/c1-2-23-22(25-12-5-14-27-16-18-10-15-28-17-18)26-13-9-20-7-3-6-19-8-4-11-24-21(19)20;/h3-4,6-8,11,18H,2,5,9-10,12-17H2,1H3,(H2,23,25,26);1H. The average Bonchev–Trinajstić information content (AvgIpc) is 3.24. The molecule has 6 nitrogen and oxygen atoms in total. The SMILES string of the molecule is CCNC(=NCCCOCC1CCOC1)NCCc1cccc2cccnc12.I. The Balaban J connectivity index is 0.00000300. The van der Waals surface area contributed by atoms with Gasteiger partial charge < -0.3 is 20.1 Å². The number of benzene rings is 1. The highest BCUT2D eigenvalue weighted by Crippen LogP contribution is 2.16. The minimum absolute atomic E-state index is 0. The maximum Gasteiger partial charge on any atom is 0.191 e. The first-order valence-corrected chi connectivity index (χ1v) is 10.4. The van der Waals surface area contributed by atoms with E-state index in [1.165, 1.54) is 10.9 Å². The van der Waals surface area contributed by atoms with E-state index in [4.69, 9.17) is 9.47 Å². The van der Waals surface area contributed by atoms with Crippen molar-refractivity contribution < 1.29 is 9.47 Å². The number of hydrogen-bond donors (Lipinski definition) is 2. The maximum atomic E-state index is 5.74. The molecule has 1 aromatic carbocycles. The Morgan fingerprint density at radius 2 is 2.17 bits per heavy atom. The molecule has 2 N–H and O–H groups in total. The second-order valence-corrected chi connectivity index (χ2v) is 7.09. The van der Waals surface area contributed by atoms with E-state index < -0.39 is 0 Å². The van der Waals surface area contributed by atoms with Crippen LogP contribution in [0.2, 0.25) is 0 Å². The molecule has 1 aliphatic rings. The van der Waals surface area contributed by atoms with Gasteiger partial charge in [-0.3, -0.25) is 9.98 Å². The molecule has 2 aromatic rings. The van der Waals surface area contributed by atoms with Crippen LogP contribution >= 0.6 is 24.0 Å². The summed E-state index contributed by atoms with van der Waals surface area (Å²) in [5.41, 5.74) is 2.34. The summed E-state index contributed by atoms with van der Waals surface area (Å²) in [6, 6.07) is 10.4. The summed E-state index contributed by atoms with van der Waals surface area (Å²) in [6.07, 6.45) is 4.81. The highest BCUT2D eigenvalue weighted by molar-refractivity contribution is 14.0. The van der Waals surface area contributed by atoms with Crippen molar-refractivity contribution in [1.29, 1.82) is 0 Å². The third kappa shape index (κ3) is 8.06. The lowest BCUT2D eigenvalue weighted by molar-refractivity contribution is 0.0893. The predicted molar refractivity (Wildman–Crippen MR) is 129 cm³/mol. The van der Waals surface area contributed by atoms with Crippen molar-refractivity contribution in [3.8, 4) is 0 Å². The molecule has 0 bridgehead atoms. The predicted octanol–water partition coefficient (Wildman–Crippen LogP) is 3.39. The number of pyridine rings is 1. The quantitative estimate of drug-likeness (QED) is 0.221.